The quantitative estimate of drug-likeness (QED) is 0.523. The van der Waals surface area contributed by atoms with Gasteiger partial charge in [-0.05, 0) is 46.1 Å². The normalized spacial score (nSPS) is 25.5. The van der Waals surface area contributed by atoms with Gasteiger partial charge in [0.25, 0.3) is 0 Å². The van der Waals surface area contributed by atoms with Crippen LogP contribution in [0, 0.1) is 0 Å². The topological polar surface area (TPSA) is 30.5 Å². The fraction of sp³-hybridized carbons (Fsp3) is 0.857. The van der Waals surface area contributed by atoms with Gasteiger partial charge in [-0.2, -0.15) is 0 Å². The second kappa shape index (κ2) is 8.67. The second-order valence-corrected chi connectivity index (χ2v) is 4.93. The molecule has 0 aromatic heterocycles. The fourth-order valence-electron chi connectivity index (χ4n) is 2.20. The van der Waals surface area contributed by atoms with Gasteiger partial charge in [0.15, 0.2) is 0 Å². The molecule has 1 N–H and O–H groups in total. The molecule has 3 heteroatoms. The van der Waals surface area contributed by atoms with Gasteiger partial charge in [-0.1, -0.05) is 11.6 Å². The summed E-state index contributed by atoms with van der Waals surface area (Å²) in [7, 11) is 1.73. The lowest BCUT2D eigenvalue weighted by molar-refractivity contribution is 0.0564. The highest BCUT2D eigenvalue weighted by molar-refractivity contribution is 5.00. The summed E-state index contributed by atoms with van der Waals surface area (Å²) in [4.78, 5) is 0. The average Bonchev–Trinajstić information content (AvgIpc) is 2.69. The van der Waals surface area contributed by atoms with Crippen molar-refractivity contribution in [3.05, 3.63) is 11.6 Å². The van der Waals surface area contributed by atoms with Crippen LogP contribution in [-0.2, 0) is 9.47 Å². The average molecular weight is 241 g/mol. The van der Waals surface area contributed by atoms with E-state index in [4.69, 9.17) is 9.47 Å². The molecule has 1 fully saturated rings. The molecule has 1 rings (SSSR count). The van der Waals surface area contributed by atoms with Crippen molar-refractivity contribution in [2.45, 2.75) is 51.7 Å². The minimum Gasteiger partial charge on any atom is -0.383 e. The van der Waals surface area contributed by atoms with E-state index in [0.717, 1.165) is 32.5 Å². The molecule has 1 aliphatic heterocycles. The first-order valence-electron chi connectivity index (χ1n) is 6.73. The molecule has 0 aliphatic carbocycles. The van der Waals surface area contributed by atoms with Gasteiger partial charge in [0, 0.05) is 13.7 Å². The predicted molar refractivity (Wildman–Crippen MR) is 71.3 cm³/mol. The standard InChI is InChI=1S/C14H27NO2/c1-12(5-4-8-15-9-10-16-3)11-14-7-6-13(2)17-14/h5,13-15H,4,6-11H2,1-3H3/b12-5-. The maximum atomic E-state index is 5.82. The van der Waals surface area contributed by atoms with E-state index < -0.39 is 0 Å². The van der Waals surface area contributed by atoms with Gasteiger partial charge in [0.2, 0.25) is 0 Å². The summed E-state index contributed by atoms with van der Waals surface area (Å²) >= 11 is 0. The lowest BCUT2D eigenvalue weighted by Gasteiger charge is -2.11. The highest BCUT2D eigenvalue weighted by Gasteiger charge is 2.21. The third kappa shape index (κ3) is 6.81. The number of hydrogen-bond donors (Lipinski definition) is 1. The van der Waals surface area contributed by atoms with E-state index >= 15 is 0 Å². The summed E-state index contributed by atoms with van der Waals surface area (Å²) in [5.74, 6) is 0. The third-order valence-corrected chi connectivity index (χ3v) is 3.17. The van der Waals surface area contributed by atoms with E-state index in [2.05, 4.69) is 25.2 Å². The largest absolute Gasteiger partial charge is 0.383 e. The van der Waals surface area contributed by atoms with E-state index in [-0.39, 0.29) is 0 Å². The van der Waals surface area contributed by atoms with E-state index in [1.807, 2.05) is 0 Å². The number of methoxy groups -OCH3 is 1. The van der Waals surface area contributed by atoms with E-state index in [0.29, 0.717) is 12.2 Å². The number of hydrogen-bond acceptors (Lipinski definition) is 3. The van der Waals surface area contributed by atoms with Gasteiger partial charge in [-0.3, -0.25) is 0 Å². The van der Waals surface area contributed by atoms with Crippen molar-refractivity contribution in [1.29, 1.82) is 0 Å². The molecule has 0 saturated carbocycles. The Morgan fingerprint density at radius 1 is 1.41 bits per heavy atom. The molecule has 0 amide bonds. The van der Waals surface area contributed by atoms with Crippen LogP contribution in [0.25, 0.3) is 0 Å². The monoisotopic (exact) mass is 241 g/mol. The fourth-order valence-corrected chi connectivity index (χ4v) is 2.20. The molecule has 0 spiro atoms. The molecule has 0 bridgehead atoms. The molecule has 0 aromatic carbocycles. The van der Waals surface area contributed by atoms with Crippen LogP contribution in [0.1, 0.15) is 39.5 Å². The van der Waals surface area contributed by atoms with Crippen molar-refractivity contribution in [1.82, 2.24) is 5.32 Å². The summed E-state index contributed by atoms with van der Waals surface area (Å²) in [5.41, 5.74) is 1.46. The molecule has 2 atom stereocenters. The molecular weight excluding hydrogens is 214 g/mol. The molecule has 1 aliphatic rings. The lowest BCUT2D eigenvalue weighted by Crippen LogP contribution is -2.19. The number of ether oxygens (including phenoxy) is 2. The van der Waals surface area contributed by atoms with Gasteiger partial charge < -0.3 is 14.8 Å². The van der Waals surface area contributed by atoms with Crippen molar-refractivity contribution in [3.8, 4) is 0 Å². The van der Waals surface area contributed by atoms with Gasteiger partial charge in [-0.15, -0.1) is 0 Å². The third-order valence-electron chi connectivity index (χ3n) is 3.17. The Balaban J connectivity index is 2.04. The molecular formula is C14H27NO2. The smallest absolute Gasteiger partial charge is 0.0616 e. The molecule has 3 nitrogen and oxygen atoms in total. The summed E-state index contributed by atoms with van der Waals surface area (Å²) < 4.78 is 10.8. The molecule has 1 saturated heterocycles. The van der Waals surface area contributed by atoms with Crippen LogP contribution >= 0.6 is 0 Å². The highest BCUT2D eigenvalue weighted by atomic mass is 16.5. The van der Waals surface area contributed by atoms with Crippen molar-refractivity contribution in [2.75, 3.05) is 26.8 Å². The van der Waals surface area contributed by atoms with Crippen LogP contribution in [0.15, 0.2) is 11.6 Å². The summed E-state index contributed by atoms with van der Waals surface area (Å²) in [6, 6.07) is 0. The Bertz CT molecular complexity index is 228. The molecule has 0 aromatic rings. The Kier molecular flexibility index (Phi) is 7.49. The maximum Gasteiger partial charge on any atom is 0.0616 e. The SMILES string of the molecule is COCCNCC/C=C(/C)CC1CCC(C)O1. The van der Waals surface area contributed by atoms with E-state index in [9.17, 15) is 0 Å². The summed E-state index contributed by atoms with van der Waals surface area (Å²) in [5, 5.41) is 3.34. The Labute approximate surface area is 106 Å². The van der Waals surface area contributed by atoms with E-state index in [1.165, 1.54) is 18.4 Å². The first-order valence-corrected chi connectivity index (χ1v) is 6.73. The highest BCUT2D eigenvalue weighted by Crippen LogP contribution is 2.24. The van der Waals surface area contributed by atoms with Crippen molar-refractivity contribution >= 4 is 0 Å². The number of nitrogens with one attached hydrogen (secondary N) is 1. The zero-order valence-corrected chi connectivity index (χ0v) is 11.5. The van der Waals surface area contributed by atoms with Gasteiger partial charge >= 0.3 is 0 Å². The molecule has 2 unspecified atom stereocenters. The van der Waals surface area contributed by atoms with Crippen LogP contribution in [0.2, 0.25) is 0 Å². The zero-order valence-electron chi connectivity index (χ0n) is 11.5. The van der Waals surface area contributed by atoms with Crippen LogP contribution in [0.4, 0.5) is 0 Å². The van der Waals surface area contributed by atoms with Crippen LogP contribution in [0.5, 0.6) is 0 Å². The van der Waals surface area contributed by atoms with Gasteiger partial charge in [0.1, 0.15) is 0 Å². The van der Waals surface area contributed by atoms with E-state index in [1.54, 1.807) is 7.11 Å². The minimum atomic E-state index is 0.461. The van der Waals surface area contributed by atoms with Crippen molar-refractivity contribution in [3.63, 3.8) is 0 Å². The molecule has 0 radical (unpaired) electrons. The van der Waals surface area contributed by atoms with Gasteiger partial charge in [0.05, 0.1) is 18.8 Å². The summed E-state index contributed by atoms with van der Waals surface area (Å²) in [6.07, 6.45) is 7.88. The molecule has 1 heterocycles. The Hall–Kier alpha value is -0.380. The Morgan fingerprint density at radius 2 is 2.24 bits per heavy atom. The maximum absolute atomic E-state index is 5.82. The molecule has 100 valence electrons. The summed E-state index contributed by atoms with van der Waals surface area (Å²) in [6.45, 7) is 7.13. The van der Waals surface area contributed by atoms with Crippen LogP contribution in [-0.4, -0.2) is 39.0 Å². The van der Waals surface area contributed by atoms with Crippen LogP contribution in [0.3, 0.4) is 0 Å². The first-order chi connectivity index (χ1) is 8.22. The Morgan fingerprint density at radius 3 is 2.88 bits per heavy atom. The van der Waals surface area contributed by atoms with Gasteiger partial charge in [-0.25, -0.2) is 0 Å². The zero-order chi connectivity index (χ0) is 12.5. The first kappa shape index (κ1) is 14.7. The van der Waals surface area contributed by atoms with Crippen molar-refractivity contribution in [2.24, 2.45) is 0 Å². The number of rotatable bonds is 8. The molecule has 17 heavy (non-hydrogen) atoms. The second-order valence-electron chi connectivity index (χ2n) is 4.93. The minimum absolute atomic E-state index is 0.461. The van der Waals surface area contributed by atoms with Crippen LogP contribution < -0.4 is 5.32 Å². The predicted octanol–water partition coefficient (Wildman–Crippen LogP) is 2.52. The van der Waals surface area contributed by atoms with Crippen molar-refractivity contribution < 1.29 is 9.47 Å². The lowest BCUT2D eigenvalue weighted by atomic mass is 10.1.